The first kappa shape index (κ1) is 8.83. The first-order chi connectivity index (χ1) is 6.77. The summed E-state index contributed by atoms with van der Waals surface area (Å²) in [5.41, 5.74) is 2.32. The van der Waals surface area contributed by atoms with Crippen LogP contribution in [0, 0.1) is 0 Å². The van der Waals surface area contributed by atoms with Gasteiger partial charge in [0.25, 0.3) is 0 Å². The van der Waals surface area contributed by atoms with Crippen molar-refractivity contribution in [3.63, 3.8) is 0 Å². The minimum atomic E-state index is -0.967. The van der Waals surface area contributed by atoms with Gasteiger partial charge in [0.15, 0.2) is 0 Å². The molecule has 2 aromatic rings. The summed E-state index contributed by atoms with van der Waals surface area (Å²) in [6, 6.07) is 5.48. The normalized spacial score (nSPS) is 11.1. The van der Waals surface area contributed by atoms with Gasteiger partial charge in [-0.05, 0) is 12.1 Å². The Kier molecular flexibility index (Phi) is 2.24. The van der Waals surface area contributed by atoms with Gasteiger partial charge in [-0.3, -0.25) is 0 Å². The average Bonchev–Trinajstić information content (AvgIpc) is 2.62. The summed E-state index contributed by atoms with van der Waals surface area (Å²) in [5, 5.41) is 8.48. The summed E-state index contributed by atoms with van der Waals surface area (Å²) in [5.74, 6) is -0.967. The molecule has 0 saturated heterocycles. The molecule has 0 saturated carbocycles. The van der Waals surface area contributed by atoms with Crippen LogP contribution < -0.4 is 0 Å². The molecule has 0 radical (unpaired) electrons. The quantitative estimate of drug-likeness (QED) is 0.761. The fraction of sp³-hybridized carbons (Fsp3) is 0. The van der Waals surface area contributed by atoms with Gasteiger partial charge in [-0.1, -0.05) is 12.1 Å². The van der Waals surface area contributed by atoms with Crippen LogP contribution in [0.3, 0.4) is 0 Å². The number of carboxylic acid groups (broad SMARTS) is 1. The average molecular weight is 206 g/mol. The molecule has 0 amide bonds. The van der Waals surface area contributed by atoms with Crippen molar-refractivity contribution in [2.24, 2.45) is 0 Å². The second-order valence-electron chi connectivity index (χ2n) is 2.65. The lowest BCUT2D eigenvalue weighted by atomic mass is 10.2. The molecule has 0 atom stereocenters. The fourth-order valence-corrected chi connectivity index (χ4v) is 1.68. The molecule has 2 rings (SSSR count). The number of hydrogen-bond donors (Lipinski definition) is 1. The maximum atomic E-state index is 10.3. The van der Waals surface area contributed by atoms with Gasteiger partial charge in [0, 0.05) is 11.6 Å². The second-order valence-corrected chi connectivity index (χ2v) is 3.18. The van der Waals surface area contributed by atoms with E-state index in [2.05, 4.69) is 8.75 Å². The number of benzene rings is 1. The third kappa shape index (κ3) is 1.62. The maximum absolute atomic E-state index is 10.3. The number of rotatable bonds is 2. The number of hydrogen-bond acceptors (Lipinski definition) is 4. The van der Waals surface area contributed by atoms with Crippen molar-refractivity contribution >= 4 is 34.8 Å². The molecule has 0 aliphatic carbocycles. The van der Waals surface area contributed by atoms with E-state index in [0.717, 1.165) is 34.4 Å². The first-order valence-corrected chi connectivity index (χ1v) is 4.63. The predicted molar refractivity (Wildman–Crippen MR) is 54.1 cm³/mol. The minimum absolute atomic E-state index is 0.745. The Morgan fingerprint density at radius 2 is 2.29 bits per heavy atom. The molecule has 5 heteroatoms. The number of nitrogens with zero attached hydrogens (tertiary/aromatic N) is 2. The van der Waals surface area contributed by atoms with E-state index in [1.807, 2.05) is 18.2 Å². The van der Waals surface area contributed by atoms with E-state index in [-0.39, 0.29) is 0 Å². The van der Waals surface area contributed by atoms with E-state index in [4.69, 9.17) is 5.11 Å². The van der Waals surface area contributed by atoms with E-state index >= 15 is 0 Å². The zero-order valence-electron chi connectivity index (χ0n) is 7.04. The van der Waals surface area contributed by atoms with Crippen molar-refractivity contribution in [2.45, 2.75) is 0 Å². The summed E-state index contributed by atoms with van der Waals surface area (Å²) in [7, 11) is 0. The molecule has 4 nitrogen and oxygen atoms in total. The lowest BCUT2D eigenvalue weighted by Gasteiger charge is -1.92. The van der Waals surface area contributed by atoms with Gasteiger partial charge in [-0.15, -0.1) is 0 Å². The summed E-state index contributed by atoms with van der Waals surface area (Å²) in [6.45, 7) is 0. The summed E-state index contributed by atoms with van der Waals surface area (Å²) in [4.78, 5) is 10.3. The molecule has 0 fully saturated rings. The highest BCUT2D eigenvalue weighted by molar-refractivity contribution is 7.00. The Morgan fingerprint density at radius 3 is 3.07 bits per heavy atom. The number of aromatic nitrogens is 2. The second kappa shape index (κ2) is 3.55. The van der Waals surface area contributed by atoms with Crippen LogP contribution in [0.1, 0.15) is 5.56 Å². The molecule has 0 spiro atoms. The van der Waals surface area contributed by atoms with Crippen molar-refractivity contribution in [1.82, 2.24) is 8.75 Å². The van der Waals surface area contributed by atoms with E-state index in [1.165, 1.54) is 6.08 Å². The van der Waals surface area contributed by atoms with Crippen LogP contribution in [0.25, 0.3) is 17.1 Å². The Bertz CT molecular complexity index is 504. The molecule has 1 aromatic carbocycles. The number of carbonyl (C=O) groups is 1. The lowest BCUT2D eigenvalue weighted by molar-refractivity contribution is -0.131. The van der Waals surface area contributed by atoms with Gasteiger partial charge >= 0.3 is 5.97 Å². The molecule has 0 bridgehead atoms. The van der Waals surface area contributed by atoms with Crippen LogP contribution in [0.4, 0.5) is 0 Å². The predicted octanol–water partition coefficient (Wildman–Crippen LogP) is 1.79. The Balaban J connectivity index is 2.51. The van der Waals surface area contributed by atoms with Crippen LogP contribution in [0.5, 0.6) is 0 Å². The number of fused-ring (bicyclic) bond motifs is 1. The maximum Gasteiger partial charge on any atom is 0.328 e. The van der Waals surface area contributed by atoms with E-state index in [1.54, 1.807) is 0 Å². The van der Waals surface area contributed by atoms with E-state index in [9.17, 15) is 4.79 Å². The highest BCUT2D eigenvalue weighted by Gasteiger charge is 2.01. The highest BCUT2D eigenvalue weighted by Crippen LogP contribution is 2.17. The monoisotopic (exact) mass is 206 g/mol. The van der Waals surface area contributed by atoms with Crippen LogP contribution in [-0.4, -0.2) is 19.8 Å². The van der Waals surface area contributed by atoms with Crippen molar-refractivity contribution in [3.8, 4) is 0 Å². The largest absolute Gasteiger partial charge is 0.478 e. The zero-order valence-corrected chi connectivity index (χ0v) is 7.86. The fourth-order valence-electron chi connectivity index (χ4n) is 1.12. The Hall–Kier alpha value is -1.75. The molecule has 70 valence electrons. The van der Waals surface area contributed by atoms with Gasteiger partial charge in [0.2, 0.25) is 0 Å². The van der Waals surface area contributed by atoms with Crippen molar-refractivity contribution in [3.05, 3.63) is 29.8 Å². The first-order valence-electron chi connectivity index (χ1n) is 3.89. The van der Waals surface area contributed by atoms with Crippen LogP contribution >= 0.6 is 11.7 Å². The topological polar surface area (TPSA) is 63.1 Å². The van der Waals surface area contributed by atoms with Crippen molar-refractivity contribution in [2.75, 3.05) is 0 Å². The number of aliphatic carboxylic acids is 1. The van der Waals surface area contributed by atoms with Gasteiger partial charge in [-0.2, -0.15) is 8.75 Å². The Labute approximate surface area is 83.8 Å². The molecular formula is C9H6N2O2S. The summed E-state index contributed by atoms with van der Waals surface area (Å²) in [6.07, 6.45) is 2.61. The van der Waals surface area contributed by atoms with Crippen molar-refractivity contribution < 1.29 is 9.90 Å². The molecule has 0 unspecified atom stereocenters. The third-order valence-corrected chi connectivity index (χ3v) is 2.27. The van der Waals surface area contributed by atoms with Crippen LogP contribution in [0.2, 0.25) is 0 Å². The van der Waals surface area contributed by atoms with Gasteiger partial charge < -0.3 is 5.11 Å². The highest BCUT2D eigenvalue weighted by atomic mass is 32.1. The van der Waals surface area contributed by atoms with Gasteiger partial charge in [0.1, 0.15) is 11.0 Å². The molecule has 1 N–H and O–H groups in total. The van der Waals surface area contributed by atoms with Gasteiger partial charge in [-0.25, -0.2) is 4.79 Å². The molecule has 1 aromatic heterocycles. The van der Waals surface area contributed by atoms with E-state index in [0.29, 0.717) is 0 Å². The van der Waals surface area contributed by atoms with Crippen molar-refractivity contribution in [1.29, 1.82) is 0 Å². The number of carboxylic acids is 1. The van der Waals surface area contributed by atoms with Crippen LogP contribution in [0.15, 0.2) is 24.3 Å². The van der Waals surface area contributed by atoms with Crippen LogP contribution in [-0.2, 0) is 4.79 Å². The van der Waals surface area contributed by atoms with Gasteiger partial charge in [0.05, 0.1) is 11.7 Å². The zero-order chi connectivity index (χ0) is 9.97. The standard InChI is InChI=1S/C9H6N2O2S/c12-8(13)5-4-6-2-1-3-7-9(6)11-14-10-7/h1-5H,(H,12,13)/b5-4+. The molecule has 14 heavy (non-hydrogen) atoms. The SMILES string of the molecule is O=C(O)/C=C/c1cccc2nsnc12. The molecule has 0 aliphatic rings. The molecular weight excluding hydrogens is 200 g/mol. The van der Waals surface area contributed by atoms with E-state index < -0.39 is 5.97 Å². The molecule has 1 heterocycles. The smallest absolute Gasteiger partial charge is 0.328 e. The lowest BCUT2D eigenvalue weighted by Crippen LogP contribution is -1.86. The summed E-state index contributed by atoms with van der Waals surface area (Å²) < 4.78 is 8.14. The minimum Gasteiger partial charge on any atom is -0.478 e. The Morgan fingerprint density at radius 1 is 1.43 bits per heavy atom. The summed E-state index contributed by atoms with van der Waals surface area (Å²) >= 11 is 1.12. The third-order valence-electron chi connectivity index (χ3n) is 1.72. The molecule has 0 aliphatic heterocycles.